The minimum absolute atomic E-state index is 0.0159. The summed E-state index contributed by atoms with van der Waals surface area (Å²) in [7, 11) is 1.58. The molecular weight excluding hydrogens is 539 g/mol. The molecule has 3 aromatic carbocycles. The van der Waals surface area contributed by atoms with E-state index in [1.54, 1.807) is 19.2 Å². The van der Waals surface area contributed by atoms with E-state index in [9.17, 15) is 32.7 Å². The molecule has 12 heteroatoms. The van der Waals surface area contributed by atoms with Gasteiger partial charge in [-0.3, -0.25) is 9.59 Å². The highest BCUT2D eigenvalue weighted by molar-refractivity contribution is 5.91. The van der Waals surface area contributed by atoms with E-state index in [-0.39, 0.29) is 49.8 Å². The van der Waals surface area contributed by atoms with Gasteiger partial charge in [0.1, 0.15) is 18.0 Å². The van der Waals surface area contributed by atoms with Crippen molar-refractivity contribution in [1.82, 2.24) is 25.1 Å². The lowest BCUT2D eigenvalue weighted by Gasteiger charge is -2.54. The lowest BCUT2D eigenvalue weighted by molar-refractivity contribution is -0.187. The lowest BCUT2D eigenvalue weighted by atomic mass is 9.98. The number of carbonyl (C=O) groups is 3. The maximum absolute atomic E-state index is 14.0. The third-order valence-corrected chi connectivity index (χ3v) is 7.22. The SMILES string of the molecule is CN1CC(=O)N2[C@@H](Cc3ccc(O)cc3)C(=O)N(Cc3cc(F)c(F)c(F)c3)C[C@@H]2N1C(=O)NCc1ccccc1. The molecular formula is C29H28F3N5O4. The Balaban J connectivity index is 1.47. The summed E-state index contributed by atoms with van der Waals surface area (Å²) in [6, 6.07) is 15.5. The number of halogens is 3. The number of carbonyl (C=O) groups excluding carboxylic acids is 3. The molecule has 0 radical (unpaired) electrons. The number of benzene rings is 3. The largest absolute Gasteiger partial charge is 0.508 e. The number of phenolic OH excluding ortho intramolecular Hbond substituents is 1. The third-order valence-electron chi connectivity index (χ3n) is 7.22. The molecule has 0 spiro atoms. The minimum Gasteiger partial charge on any atom is -0.508 e. The van der Waals surface area contributed by atoms with Crippen LogP contribution >= 0.6 is 0 Å². The fraction of sp³-hybridized carbons (Fsp3) is 0.276. The molecule has 214 valence electrons. The van der Waals surface area contributed by atoms with Gasteiger partial charge in [0.05, 0.1) is 13.1 Å². The van der Waals surface area contributed by atoms with Gasteiger partial charge in [-0.1, -0.05) is 42.5 Å². The van der Waals surface area contributed by atoms with Crippen molar-refractivity contribution in [2.24, 2.45) is 0 Å². The molecule has 9 nitrogen and oxygen atoms in total. The Hall–Kier alpha value is -4.58. The van der Waals surface area contributed by atoms with Gasteiger partial charge in [0, 0.05) is 26.6 Å². The van der Waals surface area contributed by atoms with Crippen LogP contribution in [0.2, 0.25) is 0 Å². The highest BCUT2D eigenvalue weighted by atomic mass is 19.2. The molecule has 3 aromatic rings. The number of likely N-dealkylation sites (N-methyl/N-ethyl adjacent to an activating group) is 1. The summed E-state index contributed by atoms with van der Waals surface area (Å²) < 4.78 is 41.6. The number of hydrazine groups is 1. The number of urea groups is 1. The fourth-order valence-corrected chi connectivity index (χ4v) is 5.28. The predicted molar refractivity (Wildman–Crippen MR) is 141 cm³/mol. The molecule has 0 bridgehead atoms. The number of phenols is 1. The molecule has 0 unspecified atom stereocenters. The molecule has 2 heterocycles. The van der Waals surface area contributed by atoms with E-state index in [1.807, 2.05) is 30.3 Å². The quantitative estimate of drug-likeness (QED) is 0.447. The van der Waals surface area contributed by atoms with Crippen molar-refractivity contribution in [3.05, 3.63) is 101 Å². The first-order valence-corrected chi connectivity index (χ1v) is 13.0. The van der Waals surface area contributed by atoms with Crippen molar-refractivity contribution in [3.8, 4) is 5.75 Å². The van der Waals surface area contributed by atoms with Gasteiger partial charge in [0.25, 0.3) is 0 Å². The maximum atomic E-state index is 14.0. The monoisotopic (exact) mass is 567 g/mol. The van der Waals surface area contributed by atoms with Crippen LogP contribution in [0.4, 0.5) is 18.0 Å². The van der Waals surface area contributed by atoms with Gasteiger partial charge >= 0.3 is 6.03 Å². The number of nitrogens with one attached hydrogen (secondary N) is 1. The van der Waals surface area contributed by atoms with Crippen molar-refractivity contribution in [2.75, 3.05) is 20.1 Å². The molecule has 2 N–H and O–H groups in total. The van der Waals surface area contributed by atoms with Gasteiger partial charge in [0.2, 0.25) is 11.8 Å². The summed E-state index contributed by atoms with van der Waals surface area (Å²) in [6.45, 7) is -0.373. The zero-order valence-electron chi connectivity index (χ0n) is 22.1. The Kier molecular flexibility index (Phi) is 7.84. The van der Waals surface area contributed by atoms with Crippen molar-refractivity contribution < 1.29 is 32.7 Å². The number of hydrogen-bond acceptors (Lipinski definition) is 5. The number of piperazine rings is 1. The number of rotatable bonds is 6. The highest BCUT2D eigenvalue weighted by Gasteiger charge is 2.50. The van der Waals surface area contributed by atoms with Crippen molar-refractivity contribution in [3.63, 3.8) is 0 Å². The van der Waals surface area contributed by atoms with Gasteiger partial charge in [-0.2, -0.15) is 0 Å². The Morgan fingerprint density at radius 3 is 2.27 bits per heavy atom. The molecule has 0 aromatic heterocycles. The molecule has 2 atom stereocenters. The molecule has 41 heavy (non-hydrogen) atoms. The average molecular weight is 568 g/mol. The average Bonchev–Trinajstić information content (AvgIpc) is 2.94. The first-order valence-electron chi connectivity index (χ1n) is 13.0. The lowest BCUT2D eigenvalue weighted by Crippen LogP contribution is -2.76. The van der Waals surface area contributed by atoms with Gasteiger partial charge in [0.15, 0.2) is 17.5 Å². The summed E-state index contributed by atoms with van der Waals surface area (Å²) in [5.74, 6) is -5.24. The number of hydrogen-bond donors (Lipinski definition) is 2. The second-order valence-electron chi connectivity index (χ2n) is 10.1. The van der Waals surface area contributed by atoms with Crippen LogP contribution in [0.5, 0.6) is 5.75 Å². The minimum atomic E-state index is -1.61. The zero-order chi connectivity index (χ0) is 29.3. The molecule has 2 fully saturated rings. The number of aromatic hydroxyl groups is 1. The second kappa shape index (κ2) is 11.5. The number of nitrogens with zero attached hydrogens (tertiary/aromatic N) is 4. The van der Waals surface area contributed by atoms with E-state index in [0.717, 1.165) is 17.7 Å². The molecule has 2 saturated heterocycles. The van der Waals surface area contributed by atoms with Gasteiger partial charge in [-0.15, -0.1) is 0 Å². The Bertz CT molecular complexity index is 1430. The van der Waals surface area contributed by atoms with Crippen LogP contribution in [0, 0.1) is 17.5 Å². The van der Waals surface area contributed by atoms with E-state index in [1.165, 1.54) is 32.0 Å². The smallest absolute Gasteiger partial charge is 0.334 e. The van der Waals surface area contributed by atoms with Crippen LogP contribution in [0.1, 0.15) is 16.7 Å². The molecule has 2 aliphatic rings. The van der Waals surface area contributed by atoms with E-state index < -0.39 is 41.6 Å². The first kappa shape index (κ1) is 28.0. The van der Waals surface area contributed by atoms with Crippen LogP contribution in [0.15, 0.2) is 66.7 Å². The topological polar surface area (TPSA) is 96.4 Å². The molecule has 2 aliphatic heterocycles. The summed E-state index contributed by atoms with van der Waals surface area (Å²) in [5.41, 5.74) is 1.52. The Morgan fingerprint density at radius 2 is 1.61 bits per heavy atom. The van der Waals surface area contributed by atoms with Crippen molar-refractivity contribution in [1.29, 1.82) is 0 Å². The zero-order valence-corrected chi connectivity index (χ0v) is 22.1. The van der Waals surface area contributed by atoms with Gasteiger partial charge < -0.3 is 20.2 Å². The van der Waals surface area contributed by atoms with Crippen molar-refractivity contribution >= 4 is 17.8 Å². The van der Waals surface area contributed by atoms with Crippen molar-refractivity contribution in [2.45, 2.75) is 31.7 Å². The number of fused-ring (bicyclic) bond motifs is 1. The third kappa shape index (κ3) is 5.82. The highest BCUT2D eigenvalue weighted by Crippen LogP contribution is 2.29. The standard InChI is InChI=1S/C29H28F3N5O4/c1-34-17-26(39)36-24(13-18-7-9-21(38)10-8-18)28(40)35(15-20-11-22(30)27(32)23(31)12-20)16-25(36)37(34)29(41)33-14-19-5-3-2-4-6-19/h2-12,24-25,38H,13-17H2,1H3,(H,33,41)/t24-,25-/m0/s1. The summed E-state index contributed by atoms with van der Waals surface area (Å²) in [6.07, 6.45) is -0.875. The van der Waals surface area contributed by atoms with Gasteiger partial charge in [-0.25, -0.2) is 28.0 Å². The van der Waals surface area contributed by atoms with Crippen LogP contribution in [-0.2, 0) is 29.1 Å². The Morgan fingerprint density at radius 1 is 0.951 bits per heavy atom. The Labute approximate surface area is 234 Å². The number of amides is 4. The normalized spacial score (nSPS) is 19.4. The fourth-order valence-electron chi connectivity index (χ4n) is 5.28. The molecule has 0 saturated carbocycles. The predicted octanol–water partition coefficient (Wildman–Crippen LogP) is 2.99. The van der Waals surface area contributed by atoms with Gasteiger partial charge in [-0.05, 0) is 41.0 Å². The van der Waals surface area contributed by atoms with E-state index in [0.29, 0.717) is 5.56 Å². The first-order chi connectivity index (χ1) is 19.6. The summed E-state index contributed by atoms with van der Waals surface area (Å²) in [5, 5.41) is 15.4. The summed E-state index contributed by atoms with van der Waals surface area (Å²) >= 11 is 0. The molecule has 0 aliphatic carbocycles. The summed E-state index contributed by atoms with van der Waals surface area (Å²) in [4.78, 5) is 43.3. The second-order valence-corrected chi connectivity index (χ2v) is 10.1. The molecule has 5 rings (SSSR count). The van der Waals surface area contributed by atoms with E-state index >= 15 is 0 Å². The molecule has 4 amide bonds. The maximum Gasteiger partial charge on any atom is 0.334 e. The van der Waals surface area contributed by atoms with Crippen LogP contribution in [0.3, 0.4) is 0 Å². The van der Waals surface area contributed by atoms with Crippen LogP contribution in [0.25, 0.3) is 0 Å². The van der Waals surface area contributed by atoms with E-state index in [4.69, 9.17) is 0 Å². The van der Waals surface area contributed by atoms with E-state index in [2.05, 4.69) is 5.32 Å². The van der Waals surface area contributed by atoms with Crippen LogP contribution in [-0.4, -0.2) is 75.1 Å². The van der Waals surface area contributed by atoms with Crippen LogP contribution < -0.4 is 5.32 Å².